The topological polar surface area (TPSA) is 44.1 Å². The van der Waals surface area contributed by atoms with Gasteiger partial charge in [0.05, 0.1) is 11.4 Å². The molecular weight excluding hydrogens is 407 g/mol. The molecule has 0 radical (unpaired) electrons. The van der Waals surface area contributed by atoms with Crippen LogP contribution in [-0.2, 0) is 11.5 Å². The molecule has 4 nitrogen and oxygen atoms in total. The molecule has 0 aliphatic carbocycles. The number of ether oxygens (including phenoxy) is 1. The summed E-state index contributed by atoms with van der Waals surface area (Å²) in [6.07, 6.45) is 0.843. The highest BCUT2D eigenvalue weighted by molar-refractivity contribution is 6.76. The summed E-state index contributed by atoms with van der Waals surface area (Å²) in [4.78, 5) is 16.4. The van der Waals surface area contributed by atoms with Crippen LogP contribution in [0.3, 0.4) is 0 Å². The van der Waals surface area contributed by atoms with Crippen LogP contribution in [0.1, 0.15) is 35.9 Å². The van der Waals surface area contributed by atoms with Gasteiger partial charge in [0.1, 0.15) is 24.7 Å². The Kier molecular flexibility index (Phi) is 7.23. The predicted molar refractivity (Wildman–Crippen MR) is 127 cm³/mol. The van der Waals surface area contributed by atoms with Crippen LogP contribution in [0.15, 0.2) is 48.5 Å². The van der Waals surface area contributed by atoms with Crippen molar-refractivity contribution in [2.45, 2.75) is 52.2 Å². The van der Waals surface area contributed by atoms with E-state index in [-0.39, 0.29) is 11.7 Å². The van der Waals surface area contributed by atoms with Crippen molar-refractivity contribution >= 4 is 14.4 Å². The molecule has 0 saturated carbocycles. The minimum atomic E-state index is -1.20. The van der Waals surface area contributed by atoms with Gasteiger partial charge in [-0.3, -0.25) is 4.79 Å². The molecule has 3 aromatic rings. The van der Waals surface area contributed by atoms with Gasteiger partial charge in [-0.15, -0.1) is 0 Å². The third-order valence-electron chi connectivity index (χ3n) is 5.14. The first-order valence-corrected chi connectivity index (χ1v) is 14.4. The Hall–Kier alpha value is -2.57. The third-order valence-corrected chi connectivity index (χ3v) is 6.85. The summed E-state index contributed by atoms with van der Waals surface area (Å²) in [5.74, 6) is 0.785. The number of rotatable bonds is 9. The Bertz CT molecular complexity index is 1040. The summed E-state index contributed by atoms with van der Waals surface area (Å²) in [5.41, 5.74) is 3.96. The second-order valence-electron chi connectivity index (χ2n) is 9.35. The zero-order chi connectivity index (χ0) is 22.6. The number of imidazole rings is 1. The fraction of sp³-hybridized carbons (Fsp3) is 0.360. The molecule has 164 valence electrons. The molecular formula is C25H31FN2O2Si. The highest BCUT2D eigenvalue weighted by atomic mass is 28.3. The Morgan fingerprint density at radius 3 is 2.42 bits per heavy atom. The van der Waals surface area contributed by atoms with Gasteiger partial charge in [-0.25, -0.2) is 9.37 Å². The minimum absolute atomic E-state index is 0.169. The summed E-state index contributed by atoms with van der Waals surface area (Å²) in [6, 6.07) is 14.9. The van der Waals surface area contributed by atoms with Crippen LogP contribution in [0, 0.1) is 5.82 Å². The normalized spacial score (nSPS) is 11.8. The third kappa shape index (κ3) is 5.77. The van der Waals surface area contributed by atoms with Gasteiger partial charge >= 0.3 is 0 Å². The number of benzene rings is 2. The fourth-order valence-electron chi connectivity index (χ4n) is 3.44. The zero-order valence-electron chi connectivity index (χ0n) is 19.0. The lowest BCUT2D eigenvalue weighted by molar-refractivity contribution is 0.0857. The van der Waals surface area contributed by atoms with Gasteiger partial charge in [0.2, 0.25) is 0 Å². The van der Waals surface area contributed by atoms with E-state index in [9.17, 15) is 9.18 Å². The van der Waals surface area contributed by atoms with Crippen molar-refractivity contribution in [3.63, 3.8) is 0 Å². The zero-order valence-corrected chi connectivity index (χ0v) is 20.0. The molecule has 0 amide bonds. The van der Waals surface area contributed by atoms with Crippen molar-refractivity contribution in [2.24, 2.45) is 0 Å². The van der Waals surface area contributed by atoms with Gasteiger partial charge in [-0.2, -0.15) is 0 Å². The highest BCUT2D eigenvalue weighted by Gasteiger charge is 2.22. The number of carbonyl (C=O) groups is 1. The Morgan fingerprint density at radius 2 is 1.81 bits per heavy atom. The van der Waals surface area contributed by atoms with E-state index < -0.39 is 8.07 Å². The lowest BCUT2D eigenvalue weighted by Crippen LogP contribution is -2.22. The number of aldehydes is 1. The molecule has 0 atom stereocenters. The smallest absolute Gasteiger partial charge is 0.150 e. The Balaban J connectivity index is 2.11. The summed E-state index contributed by atoms with van der Waals surface area (Å²) < 4.78 is 21.8. The van der Waals surface area contributed by atoms with Crippen LogP contribution >= 0.6 is 0 Å². The lowest BCUT2D eigenvalue weighted by atomic mass is 10.0. The van der Waals surface area contributed by atoms with Crippen LogP contribution in [0.2, 0.25) is 25.7 Å². The monoisotopic (exact) mass is 438 g/mol. The fourth-order valence-corrected chi connectivity index (χ4v) is 4.19. The molecule has 0 aliphatic rings. The first kappa shape index (κ1) is 23.1. The standard InChI is InChI=1S/C25H31FN2O2Si/c1-18(2)25-27-23(20-9-11-22(26)12-10-20)24(21-8-6-7-19(15-21)16-29)28(25)17-30-13-14-31(3,4)5/h6-12,15-16,18H,13-14,17H2,1-5H3. The molecule has 3 rings (SSSR count). The second kappa shape index (κ2) is 9.70. The van der Waals surface area contributed by atoms with E-state index in [0.29, 0.717) is 18.9 Å². The maximum Gasteiger partial charge on any atom is 0.150 e. The quantitative estimate of drug-likeness (QED) is 0.215. The number of hydrogen-bond donors (Lipinski definition) is 0. The lowest BCUT2D eigenvalue weighted by Gasteiger charge is -2.18. The van der Waals surface area contributed by atoms with Crippen LogP contribution in [0.4, 0.5) is 4.39 Å². The minimum Gasteiger partial charge on any atom is -0.361 e. The molecule has 6 heteroatoms. The number of hydrogen-bond acceptors (Lipinski definition) is 3. The first-order valence-electron chi connectivity index (χ1n) is 10.7. The van der Waals surface area contributed by atoms with Gasteiger partial charge in [0.25, 0.3) is 0 Å². The maximum atomic E-state index is 13.6. The molecule has 1 aromatic heterocycles. The summed E-state index contributed by atoms with van der Waals surface area (Å²) in [6.45, 7) is 12.3. The largest absolute Gasteiger partial charge is 0.361 e. The van der Waals surface area contributed by atoms with E-state index in [0.717, 1.165) is 40.7 Å². The molecule has 0 fully saturated rings. The number of carbonyl (C=O) groups excluding carboxylic acids is 1. The number of aromatic nitrogens is 2. The average Bonchev–Trinajstić information content (AvgIpc) is 3.11. The molecule has 0 bridgehead atoms. The van der Waals surface area contributed by atoms with Gasteiger partial charge in [0.15, 0.2) is 0 Å². The Morgan fingerprint density at radius 1 is 1.10 bits per heavy atom. The van der Waals surface area contributed by atoms with Crippen LogP contribution in [0.5, 0.6) is 0 Å². The molecule has 31 heavy (non-hydrogen) atoms. The predicted octanol–water partition coefficient (Wildman–Crippen LogP) is 6.60. The van der Waals surface area contributed by atoms with E-state index in [1.807, 2.05) is 18.2 Å². The van der Waals surface area contributed by atoms with Crippen molar-refractivity contribution in [1.29, 1.82) is 0 Å². The molecule has 0 unspecified atom stereocenters. The molecule has 0 saturated heterocycles. The molecule has 0 spiro atoms. The molecule has 1 heterocycles. The molecule has 0 N–H and O–H groups in total. The van der Waals surface area contributed by atoms with Crippen molar-refractivity contribution in [3.8, 4) is 22.5 Å². The van der Waals surface area contributed by atoms with Gasteiger partial charge in [-0.1, -0.05) is 51.7 Å². The average molecular weight is 439 g/mol. The number of halogens is 1. The van der Waals surface area contributed by atoms with E-state index in [2.05, 4.69) is 38.1 Å². The second-order valence-corrected chi connectivity index (χ2v) is 15.0. The molecule has 0 aliphatic heterocycles. The van der Waals surface area contributed by atoms with Crippen molar-refractivity contribution in [3.05, 3.63) is 65.7 Å². The van der Waals surface area contributed by atoms with E-state index >= 15 is 0 Å². The van der Waals surface area contributed by atoms with E-state index in [4.69, 9.17) is 9.72 Å². The van der Waals surface area contributed by atoms with Gasteiger partial charge in [0, 0.05) is 37.3 Å². The molecule has 2 aromatic carbocycles. The first-order chi connectivity index (χ1) is 14.7. The van der Waals surface area contributed by atoms with Crippen molar-refractivity contribution in [2.75, 3.05) is 6.61 Å². The number of nitrogens with zero attached hydrogens (tertiary/aromatic N) is 2. The van der Waals surface area contributed by atoms with Crippen molar-refractivity contribution < 1.29 is 13.9 Å². The maximum absolute atomic E-state index is 13.6. The van der Waals surface area contributed by atoms with Gasteiger partial charge < -0.3 is 9.30 Å². The summed E-state index contributed by atoms with van der Waals surface area (Å²) >= 11 is 0. The SMILES string of the molecule is CC(C)c1nc(-c2ccc(F)cc2)c(-c2cccc(C=O)c2)n1COCC[Si](C)(C)C. The van der Waals surface area contributed by atoms with E-state index in [1.165, 1.54) is 12.1 Å². The van der Waals surface area contributed by atoms with Crippen LogP contribution < -0.4 is 0 Å². The summed E-state index contributed by atoms with van der Waals surface area (Å²) in [5, 5.41) is 0. The van der Waals surface area contributed by atoms with Gasteiger partial charge in [-0.05, 0) is 36.4 Å². The highest BCUT2D eigenvalue weighted by Crippen LogP contribution is 2.35. The Labute approximate surface area is 185 Å². The van der Waals surface area contributed by atoms with Crippen molar-refractivity contribution in [1.82, 2.24) is 9.55 Å². The van der Waals surface area contributed by atoms with Crippen LogP contribution in [0.25, 0.3) is 22.5 Å². The van der Waals surface area contributed by atoms with E-state index in [1.54, 1.807) is 18.2 Å². The van der Waals surface area contributed by atoms with Crippen LogP contribution in [-0.4, -0.2) is 30.5 Å². The summed E-state index contributed by atoms with van der Waals surface area (Å²) in [7, 11) is -1.20.